The van der Waals surface area contributed by atoms with Crippen LogP contribution in [0.5, 0.6) is 0 Å². The van der Waals surface area contributed by atoms with Gasteiger partial charge in [-0.05, 0) is 11.1 Å². The minimum Gasteiger partial charge on any atom is -0.377 e. The molecule has 1 nitrogen and oxygen atoms in total. The molecule has 0 amide bonds. The fourth-order valence-electron chi connectivity index (χ4n) is 3.79. The van der Waals surface area contributed by atoms with Crippen LogP contribution in [0.3, 0.4) is 0 Å². The molecule has 0 fully saturated rings. The molecular formula is C17H26OSi. The van der Waals surface area contributed by atoms with E-state index in [0.29, 0.717) is 0 Å². The summed E-state index contributed by atoms with van der Waals surface area (Å²) >= 11 is 0. The molecule has 19 heavy (non-hydrogen) atoms. The Kier molecular flexibility index (Phi) is 4.31. The highest BCUT2D eigenvalue weighted by atomic mass is 28.3. The second-order valence-corrected chi connectivity index (χ2v) is 11.2. The number of hydrogen-bond donors (Lipinski definition) is 0. The van der Waals surface area contributed by atoms with Gasteiger partial charge in [0.05, 0.1) is 13.3 Å². The summed E-state index contributed by atoms with van der Waals surface area (Å²) in [7, 11) is 0.459. The Hall–Kier alpha value is -0.863. The van der Waals surface area contributed by atoms with Gasteiger partial charge in [-0.15, -0.1) is 0 Å². The normalized spacial score (nSPS) is 22.3. The summed E-state index contributed by atoms with van der Waals surface area (Å²) in [6, 6.07) is 12.6. The maximum Gasteiger partial charge on any atom is 0.0961 e. The first-order chi connectivity index (χ1) is 9.17. The Balaban J connectivity index is 2.47. The van der Waals surface area contributed by atoms with Crippen molar-refractivity contribution in [2.75, 3.05) is 7.11 Å². The molecule has 0 aromatic heterocycles. The van der Waals surface area contributed by atoms with Crippen LogP contribution >= 0.6 is 0 Å². The Morgan fingerprint density at radius 3 is 2.32 bits per heavy atom. The van der Waals surface area contributed by atoms with Crippen molar-refractivity contribution in [1.29, 1.82) is 0 Å². The van der Waals surface area contributed by atoms with E-state index in [4.69, 9.17) is 4.74 Å². The van der Waals surface area contributed by atoms with Crippen LogP contribution < -0.4 is 0 Å². The van der Waals surface area contributed by atoms with E-state index in [0.717, 1.165) is 6.42 Å². The summed E-state index contributed by atoms with van der Waals surface area (Å²) in [4.78, 5) is 0. The van der Waals surface area contributed by atoms with Crippen molar-refractivity contribution in [3.63, 3.8) is 0 Å². The second-order valence-electron chi connectivity index (χ2n) is 5.64. The van der Waals surface area contributed by atoms with E-state index in [-0.39, 0.29) is 5.22 Å². The van der Waals surface area contributed by atoms with E-state index in [9.17, 15) is 0 Å². The Morgan fingerprint density at radius 2 is 1.74 bits per heavy atom. The zero-order valence-corrected chi connectivity index (χ0v) is 13.7. The van der Waals surface area contributed by atoms with Crippen LogP contribution in [0.25, 0.3) is 6.08 Å². The lowest BCUT2D eigenvalue weighted by atomic mass is 9.95. The highest BCUT2D eigenvalue weighted by Crippen LogP contribution is 2.41. The number of hydrogen-bond acceptors (Lipinski definition) is 1. The van der Waals surface area contributed by atoms with Crippen LogP contribution in [0.15, 0.2) is 30.3 Å². The number of rotatable bonds is 5. The van der Waals surface area contributed by atoms with Gasteiger partial charge in [-0.2, -0.15) is 0 Å². The van der Waals surface area contributed by atoms with E-state index in [1.165, 1.54) is 29.3 Å². The molecule has 1 aromatic rings. The van der Waals surface area contributed by atoms with Gasteiger partial charge in [0.15, 0.2) is 0 Å². The maximum absolute atomic E-state index is 6.15. The number of fused-ring (bicyclic) bond motifs is 1. The van der Waals surface area contributed by atoms with E-state index in [1.54, 1.807) is 0 Å². The predicted molar refractivity (Wildman–Crippen MR) is 86.1 cm³/mol. The molecule has 0 radical (unpaired) electrons. The van der Waals surface area contributed by atoms with Crippen molar-refractivity contribution in [2.24, 2.45) is 0 Å². The van der Waals surface area contributed by atoms with Crippen LogP contribution in [-0.2, 0) is 11.2 Å². The Bertz CT molecular complexity index is 454. The zero-order valence-electron chi connectivity index (χ0n) is 12.7. The number of methoxy groups -OCH3 is 1. The minimum atomic E-state index is -1.44. The fourth-order valence-corrected chi connectivity index (χ4v) is 8.52. The summed E-state index contributed by atoms with van der Waals surface area (Å²) in [5.41, 5.74) is 2.81. The lowest BCUT2D eigenvalue weighted by molar-refractivity contribution is 0.0910. The molecular weight excluding hydrogens is 248 g/mol. The van der Waals surface area contributed by atoms with Crippen molar-refractivity contribution in [3.8, 4) is 0 Å². The summed E-state index contributed by atoms with van der Waals surface area (Å²) in [5, 5.41) is -0.0143. The Morgan fingerprint density at radius 1 is 1.11 bits per heavy atom. The van der Waals surface area contributed by atoms with Gasteiger partial charge in [0.1, 0.15) is 0 Å². The number of ether oxygens (including phenoxy) is 1. The molecule has 0 saturated heterocycles. The first-order valence-electron chi connectivity index (χ1n) is 7.49. The SMILES string of the molecule is CC[Si](CC)(CC)[C@@]1(OC)C=Cc2ccccc2C1. The largest absolute Gasteiger partial charge is 0.377 e. The van der Waals surface area contributed by atoms with Gasteiger partial charge in [0.2, 0.25) is 0 Å². The van der Waals surface area contributed by atoms with Gasteiger partial charge in [-0.3, -0.25) is 0 Å². The van der Waals surface area contributed by atoms with Crippen LogP contribution in [-0.4, -0.2) is 20.4 Å². The van der Waals surface area contributed by atoms with Gasteiger partial charge < -0.3 is 4.74 Å². The summed E-state index contributed by atoms with van der Waals surface area (Å²) in [6.07, 6.45) is 5.71. The summed E-state index contributed by atoms with van der Waals surface area (Å²) < 4.78 is 6.15. The van der Waals surface area contributed by atoms with Crippen molar-refractivity contribution < 1.29 is 4.74 Å². The molecule has 2 rings (SSSR count). The van der Waals surface area contributed by atoms with Crippen molar-refractivity contribution >= 4 is 14.1 Å². The monoisotopic (exact) mass is 274 g/mol. The van der Waals surface area contributed by atoms with Crippen LogP contribution in [0.2, 0.25) is 18.1 Å². The molecule has 104 valence electrons. The highest BCUT2D eigenvalue weighted by Gasteiger charge is 2.49. The standard InChI is InChI=1S/C17H26OSi/c1-5-19(6-2,7-3)17(18-4)13-12-15-10-8-9-11-16(15)14-17/h8-13H,5-7,14H2,1-4H3/t17-/m0/s1. The first kappa shape index (κ1) is 14.5. The van der Waals surface area contributed by atoms with Gasteiger partial charge in [-0.1, -0.05) is 75.3 Å². The molecule has 1 aliphatic rings. The van der Waals surface area contributed by atoms with E-state index < -0.39 is 8.07 Å². The molecule has 0 N–H and O–H groups in total. The van der Waals surface area contributed by atoms with Crippen molar-refractivity contribution in [1.82, 2.24) is 0 Å². The lowest BCUT2D eigenvalue weighted by Crippen LogP contribution is -2.59. The van der Waals surface area contributed by atoms with Gasteiger partial charge >= 0.3 is 0 Å². The minimum absolute atomic E-state index is 0.0143. The molecule has 0 aliphatic heterocycles. The molecule has 0 bridgehead atoms. The quantitative estimate of drug-likeness (QED) is 0.708. The molecule has 2 heteroatoms. The smallest absolute Gasteiger partial charge is 0.0961 e. The summed E-state index contributed by atoms with van der Waals surface area (Å²) in [6.45, 7) is 7.07. The maximum atomic E-state index is 6.15. The van der Waals surface area contributed by atoms with Crippen LogP contribution in [0.1, 0.15) is 31.9 Å². The molecule has 0 saturated carbocycles. The molecule has 1 aromatic carbocycles. The van der Waals surface area contributed by atoms with Crippen LogP contribution in [0, 0.1) is 0 Å². The zero-order chi connectivity index (χ0) is 13.9. The van der Waals surface area contributed by atoms with E-state index >= 15 is 0 Å². The van der Waals surface area contributed by atoms with Gasteiger partial charge in [0, 0.05) is 13.5 Å². The Labute approximate surface area is 118 Å². The van der Waals surface area contributed by atoms with Gasteiger partial charge in [-0.25, -0.2) is 0 Å². The molecule has 0 unspecified atom stereocenters. The average Bonchev–Trinajstić information content (AvgIpc) is 2.49. The van der Waals surface area contributed by atoms with Crippen molar-refractivity contribution in [2.45, 2.75) is 50.5 Å². The number of benzene rings is 1. The lowest BCUT2D eigenvalue weighted by Gasteiger charge is -2.47. The third kappa shape index (κ3) is 2.21. The predicted octanol–water partition coefficient (Wildman–Crippen LogP) is 4.69. The summed E-state index contributed by atoms with van der Waals surface area (Å²) in [5.74, 6) is 0. The van der Waals surface area contributed by atoms with E-state index in [1.807, 2.05) is 7.11 Å². The molecule has 0 spiro atoms. The topological polar surface area (TPSA) is 9.23 Å². The molecule has 1 atom stereocenters. The first-order valence-corrected chi connectivity index (χ1v) is 10.1. The van der Waals surface area contributed by atoms with Crippen LogP contribution in [0.4, 0.5) is 0 Å². The van der Waals surface area contributed by atoms with E-state index in [2.05, 4.69) is 57.2 Å². The fraction of sp³-hybridized carbons (Fsp3) is 0.529. The second kappa shape index (κ2) is 5.64. The van der Waals surface area contributed by atoms with Crippen molar-refractivity contribution in [3.05, 3.63) is 41.5 Å². The third-order valence-corrected chi connectivity index (χ3v) is 11.7. The molecule has 0 heterocycles. The molecule has 1 aliphatic carbocycles. The highest BCUT2D eigenvalue weighted by molar-refractivity contribution is 6.83. The van der Waals surface area contributed by atoms with Gasteiger partial charge in [0.25, 0.3) is 0 Å². The third-order valence-electron chi connectivity index (χ3n) is 5.33. The average molecular weight is 274 g/mol.